The molecule has 0 saturated carbocycles. The van der Waals surface area contributed by atoms with E-state index < -0.39 is 0 Å². The fraction of sp³-hybridized carbons (Fsp3) is 0.0645. The average molecular weight is 566 g/mol. The minimum absolute atomic E-state index is 0.163. The number of nitrogens with one attached hydrogen (secondary N) is 1. The first-order chi connectivity index (χ1) is 18.6. The molecular formula is C31H24BrN3O3. The maximum atomic E-state index is 12.2. The van der Waals surface area contributed by atoms with E-state index >= 15 is 0 Å². The third kappa shape index (κ3) is 5.90. The van der Waals surface area contributed by atoms with Crippen molar-refractivity contribution >= 4 is 39.0 Å². The molecule has 0 aliphatic rings. The Labute approximate surface area is 229 Å². The van der Waals surface area contributed by atoms with E-state index in [1.54, 1.807) is 7.11 Å². The molecule has 1 aromatic heterocycles. The van der Waals surface area contributed by atoms with E-state index in [1.165, 1.54) is 6.21 Å². The number of benzene rings is 4. The lowest BCUT2D eigenvalue weighted by Crippen LogP contribution is -2.24. The Morgan fingerprint density at radius 1 is 0.921 bits per heavy atom. The number of pyridine rings is 1. The first-order valence-electron chi connectivity index (χ1n) is 11.9. The zero-order valence-corrected chi connectivity index (χ0v) is 22.2. The van der Waals surface area contributed by atoms with Crippen LogP contribution in [0.1, 0.15) is 5.56 Å². The van der Waals surface area contributed by atoms with Gasteiger partial charge in [0, 0.05) is 21.0 Å². The summed E-state index contributed by atoms with van der Waals surface area (Å²) < 4.78 is 11.9. The summed E-state index contributed by atoms with van der Waals surface area (Å²) in [7, 11) is 1.59. The number of carbonyl (C=O) groups excluding carboxylic acids is 1. The SMILES string of the molecule is COc1ccccc1/C=N/NC(=O)COc1ccc(-c2cc(-c3ccccc3)c3cc(Br)ccc3n2)cc1. The lowest BCUT2D eigenvalue weighted by Gasteiger charge is -2.11. The van der Waals surface area contributed by atoms with Gasteiger partial charge in [-0.15, -0.1) is 0 Å². The highest BCUT2D eigenvalue weighted by molar-refractivity contribution is 9.10. The number of aromatic nitrogens is 1. The van der Waals surface area contributed by atoms with E-state index in [0.29, 0.717) is 11.5 Å². The summed E-state index contributed by atoms with van der Waals surface area (Å²) in [5.41, 5.74) is 8.18. The standard InChI is InChI=1S/C31H24BrN3O3/c1-37-30-10-6-5-9-23(30)19-33-35-31(36)20-38-25-14-11-22(12-15-25)29-18-26(21-7-3-2-4-8-21)27-17-24(32)13-16-28(27)34-29/h2-19H,20H2,1H3,(H,35,36)/b33-19+. The monoisotopic (exact) mass is 565 g/mol. The van der Waals surface area contributed by atoms with E-state index in [1.807, 2.05) is 78.9 Å². The third-order valence-electron chi connectivity index (χ3n) is 5.91. The molecule has 5 aromatic rings. The van der Waals surface area contributed by atoms with Crippen LogP contribution >= 0.6 is 15.9 Å². The minimum Gasteiger partial charge on any atom is -0.496 e. The van der Waals surface area contributed by atoms with E-state index in [2.05, 4.69) is 50.7 Å². The Balaban J connectivity index is 1.28. The molecule has 0 aliphatic carbocycles. The first-order valence-corrected chi connectivity index (χ1v) is 12.7. The van der Waals surface area contributed by atoms with Crippen LogP contribution in [0.5, 0.6) is 11.5 Å². The average Bonchev–Trinajstić information content (AvgIpc) is 2.96. The largest absolute Gasteiger partial charge is 0.496 e. The lowest BCUT2D eigenvalue weighted by atomic mass is 9.98. The minimum atomic E-state index is -0.366. The smallest absolute Gasteiger partial charge is 0.277 e. The molecule has 188 valence electrons. The normalized spacial score (nSPS) is 11.0. The topological polar surface area (TPSA) is 72.8 Å². The highest BCUT2D eigenvalue weighted by Gasteiger charge is 2.11. The molecule has 0 saturated heterocycles. The molecule has 0 fully saturated rings. The summed E-state index contributed by atoms with van der Waals surface area (Å²) in [5.74, 6) is 0.882. The fourth-order valence-electron chi connectivity index (χ4n) is 4.05. The molecule has 0 aliphatic heterocycles. The molecule has 1 heterocycles. The van der Waals surface area contributed by atoms with Crippen LogP contribution in [0.4, 0.5) is 0 Å². The predicted molar refractivity (Wildman–Crippen MR) is 155 cm³/mol. The lowest BCUT2D eigenvalue weighted by molar-refractivity contribution is -0.123. The van der Waals surface area contributed by atoms with Crippen LogP contribution in [0.15, 0.2) is 113 Å². The van der Waals surface area contributed by atoms with Gasteiger partial charge in [-0.05, 0) is 71.8 Å². The molecule has 4 aromatic carbocycles. The molecule has 0 atom stereocenters. The van der Waals surface area contributed by atoms with E-state index in [9.17, 15) is 4.79 Å². The Bertz CT molecular complexity index is 1600. The van der Waals surface area contributed by atoms with Gasteiger partial charge in [0.2, 0.25) is 0 Å². The fourth-order valence-corrected chi connectivity index (χ4v) is 4.41. The molecule has 1 amide bonds. The zero-order chi connectivity index (χ0) is 26.3. The van der Waals surface area contributed by atoms with Crippen molar-refractivity contribution in [1.29, 1.82) is 0 Å². The molecule has 0 spiro atoms. The van der Waals surface area contributed by atoms with Crippen LogP contribution in [0.3, 0.4) is 0 Å². The van der Waals surface area contributed by atoms with Crippen molar-refractivity contribution in [3.05, 3.63) is 113 Å². The molecule has 1 N–H and O–H groups in total. The van der Waals surface area contributed by atoms with Crippen molar-refractivity contribution in [2.75, 3.05) is 13.7 Å². The first kappa shape index (κ1) is 25.2. The van der Waals surface area contributed by atoms with Gasteiger partial charge in [0.25, 0.3) is 5.91 Å². The number of halogens is 1. The highest BCUT2D eigenvalue weighted by atomic mass is 79.9. The molecule has 5 rings (SSSR count). The maximum absolute atomic E-state index is 12.2. The predicted octanol–water partition coefficient (Wildman–Crippen LogP) is 6.87. The summed E-state index contributed by atoms with van der Waals surface area (Å²) in [4.78, 5) is 17.1. The number of rotatable bonds is 8. The van der Waals surface area contributed by atoms with Gasteiger partial charge in [0.1, 0.15) is 11.5 Å². The number of hydrogen-bond donors (Lipinski definition) is 1. The Morgan fingerprint density at radius 3 is 2.47 bits per heavy atom. The Kier molecular flexibility index (Phi) is 7.75. The zero-order valence-electron chi connectivity index (χ0n) is 20.6. The number of methoxy groups -OCH3 is 1. The number of hydrazone groups is 1. The van der Waals surface area contributed by atoms with Crippen LogP contribution in [0, 0.1) is 0 Å². The number of amides is 1. The van der Waals surface area contributed by atoms with Gasteiger partial charge in [-0.25, -0.2) is 10.4 Å². The molecule has 0 radical (unpaired) electrons. The molecule has 6 nitrogen and oxygen atoms in total. The van der Waals surface area contributed by atoms with Crippen LogP contribution < -0.4 is 14.9 Å². The molecule has 0 bridgehead atoms. The molecule has 7 heteroatoms. The maximum Gasteiger partial charge on any atom is 0.277 e. The second kappa shape index (κ2) is 11.7. The van der Waals surface area contributed by atoms with Gasteiger partial charge in [-0.1, -0.05) is 58.4 Å². The quantitative estimate of drug-likeness (QED) is 0.164. The van der Waals surface area contributed by atoms with Gasteiger partial charge < -0.3 is 9.47 Å². The van der Waals surface area contributed by atoms with E-state index in [4.69, 9.17) is 14.5 Å². The van der Waals surface area contributed by atoms with E-state index in [0.717, 1.165) is 43.3 Å². The summed E-state index contributed by atoms with van der Waals surface area (Å²) in [6.45, 7) is -0.163. The van der Waals surface area contributed by atoms with Crippen LogP contribution in [-0.2, 0) is 4.79 Å². The van der Waals surface area contributed by atoms with Crippen LogP contribution in [0.25, 0.3) is 33.3 Å². The van der Waals surface area contributed by atoms with Gasteiger partial charge in [0.15, 0.2) is 6.61 Å². The van der Waals surface area contributed by atoms with Crippen molar-refractivity contribution in [1.82, 2.24) is 10.4 Å². The molecule has 38 heavy (non-hydrogen) atoms. The number of ether oxygens (including phenoxy) is 2. The number of para-hydroxylation sites is 1. The summed E-state index contributed by atoms with van der Waals surface area (Å²) in [6, 6.07) is 33.4. The second-order valence-corrected chi connectivity index (χ2v) is 9.35. The van der Waals surface area contributed by atoms with Crippen molar-refractivity contribution < 1.29 is 14.3 Å². The van der Waals surface area contributed by atoms with Crippen molar-refractivity contribution in [2.24, 2.45) is 5.10 Å². The second-order valence-electron chi connectivity index (χ2n) is 8.43. The van der Waals surface area contributed by atoms with E-state index in [-0.39, 0.29) is 12.5 Å². The number of hydrogen-bond acceptors (Lipinski definition) is 5. The summed E-state index contributed by atoms with van der Waals surface area (Å²) >= 11 is 3.58. The summed E-state index contributed by atoms with van der Waals surface area (Å²) in [6.07, 6.45) is 1.53. The molecule has 0 unspecified atom stereocenters. The van der Waals surface area contributed by atoms with Crippen molar-refractivity contribution in [3.8, 4) is 33.9 Å². The highest BCUT2D eigenvalue weighted by Crippen LogP contribution is 2.34. The van der Waals surface area contributed by atoms with Crippen molar-refractivity contribution in [3.63, 3.8) is 0 Å². The summed E-state index contributed by atoms with van der Waals surface area (Å²) in [5, 5.41) is 5.06. The van der Waals surface area contributed by atoms with Crippen LogP contribution in [-0.4, -0.2) is 30.8 Å². The number of fused-ring (bicyclic) bond motifs is 1. The number of carbonyl (C=O) groups is 1. The van der Waals surface area contributed by atoms with Crippen LogP contribution in [0.2, 0.25) is 0 Å². The van der Waals surface area contributed by atoms with Gasteiger partial charge in [-0.3, -0.25) is 4.79 Å². The van der Waals surface area contributed by atoms with Crippen molar-refractivity contribution in [2.45, 2.75) is 0 Å². The number of nitrogens with zero attached hydrogens (tertiary/aromatic N) is 2. The Hall–Kier alpha value is -4.49. The molecular weight excluding hydrogens is 542 g/mol. The van der Waals surface area contributed by atoms with Gasteiger partial charge in [0.05, 0.1) is 24.5 Å². The third-order valence-corrected chi connectivity index (χ3v) is 6.40. The van der Waals surface area contributed by atoms with Gasteiger partial charge >= 0.3 is 0 Å². The Morgan fingerprint density at radius 2 is 1.68 bits per heavy atom. The van der Waals surface area contributed by atoms with Gasteiger partial charge in [-0.2, -0.15) is 5.10 Å².